The van der Waals surface area contributed by atoms with Gasteiger partial charge in [-0.2, -0.15) is 0 Å². The Morgan fingerprint density at radius 2 is 1.83 bits per heavy atom. The summed E-state index contributed by atoms with van der Waals surface area (Å²) in [5, 5.41) is 0. The number of amides is 1. The molecule has 0 radical (unpaired) electrons. The highest BCUT2D eigenvalue weighted by molar-refractivity contribution is 7.90. The molecule has 1 heterocycles. The third-order valence-corrected chi connectivity index (χ3v) is 5.82. The molecule has 1 amide bonds. The fraction of sp³-hybridized carbons (Fsp3) is 0.650. The number of ether oxygens (including phenoxy) is 2. The Morgan fingerprint density at radius 3 is 2.34 bits per heavy atom. The van der Waals surface area contributed by atoms with Crippen molar-refractivity contribution in [3.05, 3.63) is 24.0 Å². The quantitative estimate of drug-likeness (QED) is 0.691. The van der Waals surface area contributed by atoms with Gasteiger partial charge >= 0.3 is 6.09 Å². The van der Waals surface area contributed by atoms with Crippen LogP contribution in [0.25, 0.3) is 0 Å². The normalized spacial score (nSPS) is 17.1. The van der Waals surface area contributed by atoms with Crippen molar-refractivity contribution in [2.45, 2.75) is 50.7 Å². The van der Waals surface area contributed by atoms with E-state index in [1.54, 1.807) is 4.90 Å². The summed E-state index contributed by atoms with van der Waals surface area (Å²) in [5.74, 6) is -0.647. The first-order valence-corrected chi connectivity index (χ1v) is 11.6. The van der Waals surface area contributed by atoms with Gasteiger partial charge in [0.05, 0.1) is 11.5 Å². The number of sulfone groups is 1. The molecule has 1 aromatic rings. The van der Waals surface area contributed by atoms with Crippen LogP contribution in [0, 0.1) is 5.82 Å². The molecule has 2 rings (SSSR count). The van der Waals surface area contributed by atoms with E-state index in [2.05, 4.69) is 11.8 Å². The van der Waals surface area contributed by atoms with Crippen LogP contribution in [-0.2, 0) is 14.6 Å². The van der Waals surface area contributed by atoms with Gasteiger partial charge in [-0.25, -0.2) is 17.6 Å². The minimum absolute atomic E-state index is 0.0411. The summed E-state index contributed by atoms with van der Waals surface area (Å²) in [6, 6.07) is 3.86. The zero-order valence-corrected chi connectivity index (χ0v) is 18.6. The second kappa shape index (κ2) is 9.30. The number of benzene rings is 1. The van der Waals surface area contributed by atoms with Crippen LogP contribution in [0.1, 0.15) is 34.1 Å². The van der Waals surface area contributed by atoms with Gasteiger partial charge in [-0.05, 0) is 52.3 Å². The molecule has 0 saturated carbocycles. The molecule has 164 valence electrons. The molecule has 1 aliphatic heterocycles. The summed E-state index contributed by atoms with van der Waals surface area (Å²) in [5.41, 5.74) is -0.506. The third kappa shape index (κ3) is 7.15. The summed E-state index contributed by atoms with van der Waals surface area (Å²) in [6.07, 6.45) is 1.42. The van der Waals surface area contributed by atoms with Crippen LogP contribution in [0.3, 0.4) is 0 Å². The molecule has 0 spiro atoms. The van der Waals surface area contributed by atoms with E-state index >= 15 is 0 Å². The Bertz CT molecular complexity index is 815. The Hall–Kier alpha value is -1.87. The lowest BCUT2D eigenvalue weighted by molar-refractivity contribution is 0.0101. The minimum Gasteiger partial charge on any atom is -0.490 e. The van der Waals surface area contributed by atoms with Gasteiger partial charge in [0.2, 0.25) is 0 Å². The van der Waals surface area contributed by atoms with E-state index in [9.17, 15) is 17.6 Å². The van der Waals surface area contributed by atoms with Crippen molar-refractivity contribution in [3.63, 3.8) is 0 Å². The molecule has 0 bridgehead atoms. The second-order valence-electron chi connectivity index (χ2n) is 8.35. The minimum atomic E-state index is -3.45. The van der Waals surface area contributed by atoms with Crippen LogP contribution in [0.5, 0.6) is 5.75 Å². The molecule has 1 aromatic carbocycles. The number of hydrogen-bond acceptors (Lipinski definition) is 6. The molecule has 1 unspecified atom stereocenters. The van der Waals surface area contributed by atoms with E-state index in [1.165, 1.54) is 12.1 Å². The first-order valence-electron chi connectivity index (χ1n) is 9.71. The van der Waals surface area contributed by atoms with E-state index in [0.717, 1.165) is 25.4 Å². The van der Waals surface area contributed by atoms with Crippen molar-refractivity contribution in [1.29, 1.82) is 0 Å². The number of nitrogens with zero attached hydrogens (tertiary/aromatic N) is 2. The Morgan fingerprint density at radius 1 is 1.21 bits per heavy atom. The highest BCUT2D eigenvalue weighted by atomic mass is 32.2. The molecule has 9 heteroatoms. The topological polar surface area (TPSA) is 76.2 Å². The van der Waals surface area contributed by atoms with Gasteiger partial charge in [-0.3, -0.25) is 4.90 Å². The molecule has 1 aliphatic rings. The van der Waals surface area contributed by atoms with E-state index < -0.39 is 21.3 Å². The molecule has 0 N–H and O–H groups in total. The first-order chi connectivity index (χ1) is 13.4. The molecule has 29 heavy (non-hydrogen) atoms. The predicted molar refractivity (Wildman–Crippen MR) is 108 cm³/mol. The van der Waals surface area contributed by atoms with E-state index in [4.69, 9.17) is 9.47 Å². The highest BCUT2D eigenvalue weighted by Crippen LogP contribution is 2.22. The summed E-state index contributed by atoms with van der Waals surface area (Å²) in [4.78, 5) is 16.0. The van der Waals surface area contributed by atoms with Gasteiger partial charge in [0.15, 0.2) is 21.4 Å². The van der Waals surface area contributed by atoms with E-state index in [-0.39, 0.29) is 22.8 Å². The maximum absolute atomic E-state index is 14.0. The van der Waals surface area contributed by atoms with Crippen molar-refractivity contribution in [1.82, 2.24) is 9.80 Å². The molecule has 7 nitrogen and oxygen atoms in total. The SMILES string of the molecule is CC(CCOc1ccc(S(C)(=O)=O)cc1F)N1CCN(C(=O)OC(C)(C)C)CC1. The molecular weight excluding hydrogens is 399 g/mol. The summed E-state index contributed by atoms with van der Waals surface area (Å²) in [7, 11) is -3.45. The fourth-order valence-corrected chi connectivity index (χ4v) is 3.66. The Kier molecular flexibility index (Phi) is 7.50. The van der Waals surface area contributed by atoms with Crippen LogP contribution in [-0.4, -0.2) is 75.0 Å². The van der Waals surface area contributed by atoms with Gasteiger partial charge in [-0.15, -0.1) is 0 Å². The van der Waals surface area contributed by atoms with Crippen molar-refractivity contribution < 1.29 is 27.1 Å². The lowest BCUT2D eigenvalue weighted by Crippen LogP contribution is -2.52. The van der Waals surface area contributed by atoms with Crippen molar-refractivity contribution in [3.8, 4) is 5.75 Å². The summed E-state index contributed by atoms with van der Waals surface area (Å²) in [6.45, 7) is 10.6. The average molecular weight is 431 g/mol. The maximum Gasteiger partial charge on any atom is 0.410 e. The monoisotopic (exact) mass is 430 g/mol. The molecule has 1 saturated heterocycles. The second-order valence-corrected chi connectivity index (χ2v) is 10.4. The lowest BCUT2D eigenvalue weighted by atomic mass is 10.2. The fourth-order valence-electron chi connectivity index (χ4n) is 3.02. The zero-order valence-electron chi connectivity index (χ0n) is 17.8. The van der Waals surface area contributed by atoms with Gasteiger partial charge in [0.25, 0.3) is 0 Å². The average Bonchev–Trinajstić information content (AvgIpc) is 2.60. The number of carbonyl (C=O) groups is 1. The summed E-state index contributed by atoms with van der Waals surface area (Å²) >= 11 is 0. The van der Waals surface area contributed by atoms with E-state index in [1.807, 2.05) is 20.8 Å². The van der Waals surface area contributed by atoms with Gasteiger partial charge in [0, 0.05) is 38.5 Å². The van der Waals surface area contributed by atoms with Crippen LogP contribution >= 0.6 is 0 Å². The van der Waals surface area contributed by atoms with Crippen LogP contribution < -0.4 is 4.74 Å². The van der Waals surface area contributed by atoms with Gasteiger partial charge in [0.1, 0.15) is 5.60 Å². The van der Waals surface area contributed by atoms with Crippen molar-refractivity contribution in [2.75, 3.05) is 39.0 Å². The van der Waals surface area contributed by atoms with Crippen molar-refractivity contribution in [2.24, 2.45) is 0 Å². The molecule has 0 aliphatic carbocycles. The lowest BCUT2D eigenvalue weighted by Gasteiger charge is -2.38. The smallest absolute Gasteiger partial charge is 0.410 e. The number of rotatable bonds is 6. The van der Waals surface area contributed by atoms with Crippen LogP contribution in [0.15, 0.2) is 23.1 Å². The Balaban J connectivity index is 1.78. The maximum atomic E-state index is 14.0. The Labute approximate surface area is 172 Å². The number of piperazine rings is 1. The largest absolute Gasteiger partial charge is 0.490 e. The summed E-state index contributed by atoms with van der Waals surface area (Å²) < 4.78 is 47.9. The van der Waals surface area contributed by atoms with Gasteiger partial charge < -0.3 is 14.4 Å². The molecule has 1 fully saturated rings. The highest BCUT2D eigenvalue weighted by Gasteiger charge is 2.27. The molecular formula is C20H31FN2O5S. The van der Waals surface area contributed by atoms with E-state index in [0.29, 0.717) is 26.1 Å². The van der Waals surface area contributed by atoms with Gasteiger partial charge in [-0.1, -0.05) is 0 Å². The number of hydrogen-bond donors (Lipinski definition) is 0. The number of halogens is 1. The standard InChI is InChI=1S/C20H31FN2O5S/c1-15(22-9-11-23(12-10-22)19(24)28-20(2,3)4)8-13-27-18-7-6-16(14-17(18)21)29(5,25)26/h6-7,14-15H,8-13H2,1-5H3. The first kappa shape index (κ1) is 23.4. The molecule has 0 aromatic heterocycles. The van der Waals surface area contributed by atoms with Crippen molar-refractivity contribution >= 4 is 15.9 Å². The predicted octanol–water partition coefficient (Wildman–Crippen LogP) is 2.94. The molecule has 1 atom stereocenters. The van der Waals surface area contributed by atoms with Crippen LogP contribution in [0.2, 0.25) is 0 Å². The van der Waals surface area contributed by atoms with Crippen LogP contribution in [0.4, 0.5) is 9.18 Å². The number of carbonyl (C=O) groups excluding carboxylic acids is 1. The zero-order chi connectivity index (χ0) is 21.8. The third-order valence-electron chi connectivity index (χ3n) is 4.71.